The molecule has 0 unspecified atom stereocenters. The Hall–Kier alpha value is -3.17. The molecule has 2 aromatic heterocycles. The smallest absolute Gasteiger partial charge is 0.257 e. The second-order valence-electron chi connectivity index (χ2n) is 5.99. The number of aromatic nitrogens is 2. The van der Waals surface area contributed by atoms with Gasteiger partial charge in [0.2, 0.25) is 11.8 Å². The molecule has 0 fully saturated rings. The summed E-state index contributed by atoms with van der Waals surface area (Å²) in [5.41, 5.74) is 0.332. The summed E-state index contributed by atoms with van der Waals surface area (Å²) in [5, 5.41) is 5.02. The minimum atomic E-state index is -0.342. The fraction of sp³-hybridized carbons (Fsp3) is 0.250. The fourth-order valence-electron chi connectivity index (χ4n) is 2.42. The van der Waals surface area contributed by atoms with Gasteiger partial charge in [0, 0.05) is 30.8 Å². The van der Waals surface area contributed by atoms with Crippen molar-refractivity contribution in [3.05, 3.63) is 53.5 Å². The number of amides is 1. The van der Waals surface area contributed by atoms with E-state index in [9.17, 15) is 4.79 Å². The average Bonchev–Trinajstić information content (AvgIpc) is 3.21. The van der Waals surface area contributed by atoms with Crippen molar-refractivity contribution in [1.29, 1.82) is 0 Å². The highest BCUT2D eigenvalue weighted by molar-refractivity contribution is 7.13. The number of carbonyl (C=O) groups excluding carboxylic acids is 1. The first-order chi connectivity index (χ1) is 14.1. The fourth-order valence-corrected chi connectivity index (χ4v) is 2.94. The van der Waals surface area contributed by atoms with E-state index in [1.807, 2.05) is 6.92 Å². The first-order valence-electron chi connectivity index (χ1n) is 8.78. The largest absolute Gasteiger partial charge is 0.497 e. The highest BCUT2D eigenvalue weighted by atomic mass is 32.1. The topological polar surface area (TPSA) is 91.8 Å². The van der Waals surface area contributed by atoms with Gasteiger partial charge in [0.05, 0.1) is 19.3 Å². The number of carbonyl (C=O) groups is 1. The highest BCUT2D eigenvalue weighted by Gasteiger charge is 2.15. The summed E-state index contributed by atoms with van der Waals surface area (Å²) in [6.07, 6.45) is 1.37. The average molecular weight is 415 g/mol. The van der Waals surface area contributed by atoms with E-state index in [1.165, 1.54) is 11.3 Å². The molecule has 152 valence electrons. The van der Waals surface area contributed by atoms with Crippen molar-refractivity contribution in [1.82, 2.24) is 9.97 Å². The van der Waals surface area contributed by atoms with Crippen molar-refractivity contribution in [2.75, 3.05) is 26.1 Å². The molecule has 0 spiro atoms. The maximum Gasteiger partial charge on any atom is 0.257 e. The SMILES string of the molecule is COC[C@@H](C)Oc1cc(C(=O)Nc2nccs2)cc(Oc2ccc(OC)cc2)n1. The molecule has 1 aromatic carbocycles. The zero-order valence-corrected chi connectivity index (χ0v) is 17.1. The van der Waals surface area contributed by atoms with Gasteiger partial charge in [-0.15, -0.1) is 11.3 Å². The predicted molar refractivity (Wildman–Crippen MR) is 109 cm³/mol. The van der Waals surface area contributed by atoms with Crippen LogP contribution in [0.1, 0.15) is 17.3 Å². The van der Waals surface area contributed by atoms with E-state index in [4.69, 9.17) is 18.9 Å². The van der Waals surface area contributed by atoms with Crippen molar-refractivity contribution in [2.45, 2.75) is 13.0 Å². The Kier molecular flexibility index (Phi) is 6.99. The first-order valence-corrected chi connectivity index (χ1v) is 9.65. The van der Waals surface area contributed by atoms with Gasteiger partial charge < -0.3 is 18.9 Å². The van der Waals surface area contributed by atoms with E-state index >= 15 is 0 Å². The van der Waals surface area contributed by atoms with Crippen LogP contribution in [0.25, 0.3) is 0 Å². The lowest BCUT2D eigenvalue weighted by molar-refractivity contribution is 0.0882. The van der Waals surface area contributed by atoms with Gasteiger partial charge in [-0.2, -0.15) is 4.98 Å². The Balaban J connectivity index is 1.85. The summed E-state index contributed by atoms with van der Waals surface area (Å²) in [7, 11) is 3.18. The number of thiazole rings is 1. The number of nitrogens with one attached hydrogen (secondary N) is 1. The molecule has 1 N–H and O–H groups in total. The summed E-state index contributed by atoms with van der Waals surface area (Å²) in [6.45, 7) is 2.23. The van der Waals surface area contributed by atoms with Gasteiger partial charge in [-0.05, 0) is 31.2 Å². The second-order valence-corrected chi connectivity index (χ2v) is 6.88. The van der Waals surface area contributed by atoms with Gasteiger partial charge in [0.15, 0.2) is 5.13 Å². The molecule has 3 rings (SSSR count). The van der Waals surface area contributed by atoms with Gasteiger partial charge >= 0.3 is 0 Å². The quantitative estimate of drug-likeness (QED) is 0.565. The third-order valence-electron chi connectivity index (χ3n) is 3.70. The maximum atomic E-state index is 12.6. The standard InChI is InChI=1S/C20H21N3O5S/c1-13(12-25-2)27-17-10-14(19(24)23-20-21-8-9-29-20)11-18(22-17)28-16-6-4-15(26-3)5-7-16/h4-11,13H,12H2,1-3H3,(H,21,23,24)/t13-/m1/s1. The Morgan fingerprint density at radius 3 is 2.52 bits per heavy atom. The van der Waals surface area contributed by atoms with E-state index in [-0.39, 0.29) is 23.8 Å². The van der Waals surface area contributed by atoms with Crippen molar-refractivity contribution < 1.29 is 23.7 Å². The number of anilines is 1. The van der Waals surface area contributed by atoms with Gasteiger partial charge in [-0.3, -0.25) is 10.1 Å². The third kappa shape index (κ3) is 5.90. The summed E-state index contributed by atoms with van der Waals surface area (Å²) in [6, 6.07) is 10.1. The minimum Gasteiger partial charge on any atom is -0.497 e. The van der Waals surface area contributed by atoms with Crippen LogP contribution in [0.5, 0.6) is 23.3 Å². The van der Waals surface area contributed by atoms with Gasteiger partial charge in [0.1, 0.15) is 17.6 Å². The minimum absolute atomic E-state index is 0.224. The van der Waals surface area contributed by atoms with Crippen LogP contribution in [0.4, 0.5) is 5.13 Å². The van der Waals surface area contributed by atoms with Crippen molar-refractivity contribution in [3.63, 3.8) is 0 Å². The Morgan fingerprint density at radius 1 is 1.14 bits per heavy atom. The molecule has 0 saturated heterocycles. The Morgan fingerprint density at radius 2 is 1.86 bits per heavy atom. The predicted octanol–water partition coefficient (Wildman–Crippen LogP) is 4.01. The van der Waals surface area contributed by atoms with Crippen LogP contribution < -0.4 is 19.5 Å². The molecule has 8 nitrogen and oxygen atoms in total. The number of ether oxygens (including phenoxy) is 4. The van der Waals surface area contributed by atoms with Crippen LogP contribution in [0.15, 0.2) is 48.0 Å². The molecule has 1 amide bonds. The van der Waals surface area contributed by atoms with Gasteiger partial charge in [-0.25, -0.2) is 4.98 Å². The zero-order chi connectivity index (χ0) is 20.6. The van der Waals surface area contributed by atoms with Crippen LogP contribution in [0.2, 0.25) is 0 Å². The molecule has 0 bridgehead atoms. The molecule has 0 radical (unpaired) electrons. The molecule has 3 aromatic rings. The summed E-state index contributed by atoms with van der Waals surface area (Å²) < 4.78 is 21.8. The van der Waals surface area contributed by atoms with Crippen LogP contribution in [0, 0.1) is 0 Å². The van der Waals surface area contributed by atoms with Crippen molar-refractivity contribution >= 4 is 22.4 Å². The van der Waals surface area contributed by atoms with Crippen LogP contribution in [-0.2, 0) is 4.74 Å². The maximum absolute atomic E-state index is 12.6. The Labute approximate surface area is 172 Å². The van der Waals surface area contributed by atoms with Crippen LogP contribution in [0.3, 0.4) is 0 Å². The number of hydrogen-bond donors (Lipinski definition) is 1. The summed E-state index contributed by atoms with van der Waals surface area (Å²) >= 11 is 1.33. The van der Waals surface area contributed by atoms with E-state index in [2.05, 4.69) is 15.3 Å². The zero-order valence-electron chi connectivity index (χ0n) is 16.2. The molecule has 0 aliphatic carbocycles. The molecular weight excluding hydrogens is 394 g/mol. The van der Waals surface area contributed by atoms with Crippen molar-refractivity contribution in [2.24, 2.45) is 0 Å². The number of hydrogen-bond acceptors (Lipinski definition) is 8. The number of nitrogens with zero attached hydrogens (tertiary/aromatic N) is 2. The molecule has 0 aliphatic rings. The first kappa shape index (κ1) is 20.6. The number of benzene rings is 1. The van der Waals surface area contributed by atoms with E-state index < -0.39 is 0 Å². The number of rotatable bonds is 9. The molecule has 2 heterocycles. The lowest BCUT2D eigenvalue weighted by Gasteiger charge is -2.15. The molecule has 0 aliphatic heterocycles. The van der Waals surface area contributed by atoms with Gasteiger partial charge in [-0.1, -0.05) is 0 Å². The monoisotopic (exact) mass is 415 g/mol. The lowest BCUT2D eigenvalue weighted by atomic mass is 10.2. The molecule has 9 heteroatoms. The number of pyridine rings is 1. The molecule has 0 saturated carbocycles. The Bertz CT molecular complexity index is 932. The highest BCUT2D eigenvalue weighted by Crippen LogP contribution is 2.26. The van der Waals surface area contributed by atoms with E-state index in [1.54, 1.807) is 62.2 Å². The van der Waals surface area contributed by atoms with E-state index in [0.29, 0.717) is 28.8 Å². The number of methoxy groups -OCH3 is 2. The third-order valence-corrected chi connectivity index (χ3v) is 4.39. The van der Waals surface area contributed by atoms with Gasteiger partial charge in [0.25, 0.3) is 5.91 Å². The summed E-state index contributed by atoms with van der Waals surface area (Å²) in [4.78, 5) is 21.1. The normalized spacial score (nSPS) is 11.6. The molecular formula is C20H21N3O5S. The lowest BCUT2D eigenvalue weighted by Crippen LogP contribution is -2.19. The van der Waals surface area contributed by atoms with Crippen LogP contribution in [-0.4, -0.2) is 42.8 Å². The molecule has 1 atom stereocenters. The second kappa shape index (κ2) is 9.85. The van der Waals surface area contributed by atoms with Crippen molar-refractivity contribution in [3.8, 4) is 23.3 Å². The van der Waals surface area contributed by atoms with E-state index in [0.717, 1.165) is 0 Å². The summed E-state index contributed by atoms with van der Waals surface area (Å²) in [5.74, 6) is 1.39. The van der Waals surface area contributed by atoms with Crippen LogP contribution >= 0.6 is 11.3 Å². The molecule has 29 heavy (non-hydrogen) atoms.